The summed E-state index contributed by atoms with van der Waals surface area (Å²) < 4.78 is 0. The number of amides is 3. The molecule has 0 aromatic heterocycles. The van der Waals surface area contributed by atoms with E-state index in [-0.39, 0.29) is 36.5 Å². The van der Waals surface area contributed by atoms with Crippen molar-refractivity contribution in [3.8, 4) is 0 Å². The Hall–Kier alpha value is -2.81. The van der Waals surface area contributed by atoms with E-state index in [0.717, 1.165) is 11.3 Å². The summed E-state index contributed by atoms with van der Waals surface area (Å²) in [6, 6.07) is 6.72. The van der Waals surface area contributed by atoms with Crippen LogP contribution in [-0.2, 0) is 14.4 Å². The third-order valence-corrected chi connectivity index (χ3v) is 6.29. The summed E-state index contributed by atoms with van der Waals surface area (Å²) in [5.41, 5.74) is 1.36. The van der Waals surface area contributed by atoms with E-state index in [1.807, 2.05) is 0 Å². The first-order valence-electron chi connectivity index (χ1n) is 9.33. The number of hydrogen-bond acceptors (Lipinski definition) is 5. The van der Waals surface area contributed by atoms with Crippen molar-refractivity contribution < 1.29 is 24.3 Å². The summed E-state index contributed by atoms with van der Waals surface area (Å²) in [4.78, 5) is 49.6. The fourth-order valence-electron chi connectivity index (χ4n) is 3.30. The van der Waals surface area contributed by atoms with Crippen LogP contribution in [0.5, 0.6) is 0 Å². The second-order valence-corrected chi connectivity index (χ2v) is 8.19. The third-order valence-electron chi connectivity index (χ3n) is 4.85. The highest BCUT2D eigenvalue weighted by Gasteiger charge is 2.50. The fraction of sp³-hybridized carbons (Fsp3) is 0.400. The maximum absolute atomic E-state index is 12.2. The van der Waals surface area contributed by atoms with Crippen LogP contribution in [0, 0.1) is 0 Å². The van der Waals surface area contributed by atoms with Gasteiger partial charge in [-0.05, 0) is 30.5 Å². The minimum absolute atomic E-state index is 0.0612. The normalized spacial score (nSPS) is 21.6. The van der Waals surface area contributed by atoms with Crippen molar-refractivity contribution in [1.82, 2.24) is 15.5 Å². The molecular formula is C20H23N3O5S. The fourth-order valence-corrected chi connectivity index (χ4v) is 4.53. The number of hydrogen-bond donors (Lipinski definition) is 3. The maximum Gasteiger partial charge on any atom is 0.326 e. The van der Waals surface area contributed by atoms with Crippen LogP contribution in [0.1, 0.15) is 29.6 Å². The quantitative estimate of drug-likeness (QED) is 0.429. The molecule has 0 aliphatic carbocycles. The van der Waals surface area contributed by atoms with Crippen molar-refractivity contribution in [2.24, 2.45) is 0 Å². The Balaban J connectivity index is 1.43. The molecule has 0 bridgehead atoms. The Bertz CT molecular complexity index is 829. The van der Waals surface area contributed by atoms with E-state index in [2.05, 4.69) is 17.2 Å². The van der Waals surface area contributed by atoms with Gasteiger partial charge in [0.2, 0.25) is 11.8 Å². The Labute approximate surface area is 172 Å². The zero-order valence-corrected chi connectivity index (χ0v) is 16.6. The number of thioether (sulfide) groups is 1. The van der Waals surface area contributed by atoms with Gasteiger partial charge in [-0.25, -0.2) is 4.79 Å². The molecule has 0 radical (unpaired) electrons. The van der Waals surface area contributed by atoms with Crippen LogP contribution in [-0.4, -0.2) is 63.5 Å². The lowest BCUT2D eigenvalue weighted by Crippen LogP contribution is -2.70. The number of carboxylic acids is 1. The van der Waals surface area contributed by atoms with Crippen molar-refractivity contribution in [2.75, 3.05) is 12.3 Å². The summed E-state index contributed by atoms with van der Waals surface area (Å²) >= 11 is 1.58. The largest absolute Gasteiger partial charge is 0.480 e. The number of β-lactam (4-membered cyclic amide) rings is 1. The molecule has 0 spiro atoms. The van der Waals surface area contributed by atoms with E-state index in [4.69, 9.17) is 0 Å². The number of nitrogens with zero attached hydrogens (tertiary/aromatic N) is 1. The molecule has 1 aromatic carbocycles. The molecule has 3 rings (SSSR count). The van der Waals surface area contributed by atoms with Gasteiger partial charge in [0, 0.05) is 24.3 Å². The second-order valence-electron chi connectivity index (χ2n) is 7.09. The van der Waals surface area contributed by atoms with Crippen molar-refractivity contribution in [3.05, 3.63) is 48.0 Å². The third kappa shape index (κ3) is 4.97. The lowest BCUT2D eigenvalue weighted by Gasteiger charge is -2.49. The van der Waals surface area contributed by atoms with E-state index in [9.17, 15) is 24.3 Å². The summed E-state index contributed by atoms with van der Waals surface area (Å²) in [6.45, 7) is 4.42. The van der Waals surface area contributed by atoms with Crippen LogP contribution < -0.4 is 10.6 Å². The van der Waals surface area contributed by atoms with E-state index in [1.54, 1.807) is 47.0 Å². The Kier molecular flexibility index (Phi) is 6.58. The number of rotatable bonds is 8. The van der Waals surface area contributed by atoms with Crippen LogP contribution in [0.25, 0.3) is 0 Å². The van der Waals surface area contributed by atoms with Crippen LogP contribution in [0.3, 0.4) is 0 Å². The van der Waals surface area contributed by atoms with Crippen molar-refractivity contribution >= 4 is 35.5 Å². The van der Waals surface area contributed by atoms with Crippen LogP contribution in [0.15, 0.2) is 42.5 Å². The average Bonchev–Trinajstić information content (AvgIpc) is 2.71. The molecule has 154 valence electrons. The smallest absolute Gasteiger partial charge is 0.326 e. The number of carboxylic acid groups (broad SMARTS) is 1. The monoisotopic (exact) mass is 417 g/mol. The van der Waals surface area contributed by atoms with Gasteiger partial charge in [0.1, 0.15) is 17.5 Å². The van der Waals surface area contributed by atoms with Gasteiger partial charge >= 0.3 is 5.97 Å². The minimum Gasteiger partial charge on any atom is -0.480 e. The number of carbonyl (C=O) groups excluding carboxylic acids is 3. The molecule has 3 N–H and O–H groups in total. The Morgan fingerprint density at radius 3 is 2.69 bits per heavy atom. The molecule has 8 nitrogen and oxygen atoms in total. The van der Waals surface area contributed by atoms with E-state index < -0.39 is 24.0 Å². The number of benzene rings is 1. The number of carbonyl (C=O) groups is 4. The lowest BCUT2D eigenvalue weighted by molar-refractivity contribution is -0.148. The van der Waals surface area contributed by atoms with Gasteiger partial charge in [0.15, 0.2) is 0 Å². The first-order valence-corrected chi connectivity index (χ1v) is 10.4. The SMILES string of the molecule is C=C1CS[C@H]2[C@H](NC(=O)CCCC(NC(=O)c3ccccc3)C(=O)O)C(=O)N2C1. The van der Waals surface area contributed by atoms with Crippen LogP contribution in [0.2, 0.25) is 0 Å². The molecule has 2 aliphatic heterocycles. The summed E-state index contributed by atoms with van der Waals surface area (Å²) in [7, 11) is 0. The van der Waals surface area contributed by atoms with Gasteiger partial charge in [-0.3, -0.25) is 14.4 Å². The zero-order valence-electron chi connectivity index (χ0n) is 15.8. The maximum atomic E-state index is 12.2. The van der Waals surface area contributed by atoms with Crippen molar-refractivity contribution in [2.45, 2.75) is 36.7 Å². The summed E-state index contributed by atoms with van der Waals surface area (Å²) in [5.74, 6) is -1.28. The molecule has 0 saturated carbocycles. The molecule has 3 atom stereocenters. The number of nitrogens with one attached hydrogen (secondary N) is 2. The summed E-state index contributed by atoms with van der Waals surface area (Å²) in [6.07, 6.45) is 0.472. The first kappa shape index (κ1) is 20.9. The molecule has 2 saturated heterocycles. The van der Waals surface area contributed by atoms with Gasteiger partial charge in [-0.2, -0.15) is 0 Å². The molecule has 29 heavy (non-hydrogen) atoms. The topological polar surface area (TPSA) is 116 Å². The molecule has 1 aromatic rings. The molecular weight excluding hydrogens is 394 g/mol. The van der Waals surface area contributed by atoms with E-state index >= 15 is 0 Å². The standard InChI is InChI=1S/C20H23N3O5S/c1-12-10-23-18(26)16(19(23)29-11-12)22-15(24)9-5-8-14(20(27)28)21-17(25)13-6-3-2-4-7-13/h2-4,6-7,14,16,19H,1,5,8-11H2,(H,21,25)(H,22,24)(H,27,28)/t14?,16-,19+/m1/s1. The lowest BCUT2D eigenvalue weighted by atomic mass is 10.0. The van der Waals surface area contributed by atoms with Gasteiger partial charge in [0.05, 0.1) is 0 Å². The van der Waals surface area contributed by atoms with Crippen molar-refractivity contribution in [1.29, 1.82) is 0 Å². The molecule has 1 unspecified atom stereocenters. The van der Waals surface area contributed by atoms with E-state index in [0.29, 0.717) is 12.1 Å². The number of aliphatic carboxylic acids is 1. The van der Waals surface area contributed by atoms with Gasteiger partial charge in [-0.1, -0.05) is 24.8 Å². The molecule has 2 aliphatic rings. The van der Waals surface area contributed by atoms with Gasteiger partial charge in [0.25, 0.3) is 5.91 Å². The minimum atomic E-state index is -1.15. The van der Waals surface area contributed by atoms with Gasteiger partial charge < -0.3 is 20.6 Å². The van der Waals surface area contributed by atoms with Crippen molar-refractivity contribution in [3.63, 3.8) is 0 Å². The highest BCUT2D eigenvalue weighted by atomic mass is 32.2. The summed E-state index contributed by atoms with van der Waals surface area (Å²) in [5, 5.41) is 14.5. The van der Waals surface area contributed by atoms with Crippen LogP contribution >= 0.6 is 11.8 Å². The molecule has 2 heterocycles. The Morgan fingerprint density at radius 2 is 2.00 bits per heavy atom. The predicted octanol–water partition coefficient (Wildman–Crippen LogP) is 0.996. The zero-order chi connectivity index (χ0) is 21.0. The molecule has 2 fully saturated rings. The molecule has 9 heteroatoms. The first-order chi connectivity index (χ1) is 13.9. The number of fused-ring (bicyclic) bond motifs is 1. The average molecular weight is 417 g/mol. The van der Waals surface area contributed by atoms with Gasteiger partial charge in [-0.15, -0.1) is 11.8 Å². The second kappa shape index (κ2) is 9.13. The van der Waals surface area contributed by atoms with E-state index in [1.165, 1.54) is 0 Å². The molecule has 3 amide bonds. The Morgan fingerprint density at radius 1 is 1.28 bits per heavy atom. The predicted molar refractivity (Wildman–Crippen MR) is 108 cm³/mol. The highest BCUT2D eigenvalue weighted by Crippen LogP contribution is 2.35. The van der Waals surface area contributed by atoms with Crippen LogP contribution in [0.4, 0.5) is 0 Å². The highest BCUT2D eigenvalue weighted by molar-refractivity contribution is 8.00.